The van der Waals surface area contributed by atoms with E-state index in [-0.39, 0.29) is 17.9 Å². The van der Waals surface area contributed by atoms with Gasteiger partial charge in [0.15, 0.2) is 0 Å². The van der Waals surface area contributed by atoms with Crippen LogP contribution in [0.1, 0.15) is 15.9 Å². The average Bonchev–Trinajstić information content (AvgIpc) is 2.55. The van der Waals surface area contributed by atoms with Crippen LogP contribution >= 0.6 is 0 Å². The Bertz CT molecular complexity index is 727. The fourth-order valence-electron chi connectivity index (χ4n) is 2.16. The highest BCUT2D eigenvalue weighted by atomic mass is 16.5. The summed E-state index contributed by atoms with van der Waals surface area (Å²) in [5, 5.41) is 11.9. The highest BCUT2D eigenvalue weighted by molar-refractivity contribution is 5.97. The maximum atomic E-state index is 12.2. The van der Waals surface area contributed by atoms with Crippen molar-refractivity contribution in [1.29, 1.82) is 0 Å². The molecule has 2 N–H and O–H groups in total. The fourth-order valence-corrected chi connectivity index (χ4v) is 2.16. The molecule has 0 aromatic heterocycles. The van der Waals surface area contributed by atoms with Crippen molar-refractivity contribution in [2.75, 3.05) is 19.5 Å². The van der Waals surface area contributed by atoms with Gasteiger partial charge in [0.05, 0.1) is 31.9 Å². The van der Waals surface area contributed by atoms with Crippen molar-refractivity contribution in [3.8, 4) is 11.5 Å². The number of carboxylic acids is 1. The van der Waals surface area contributed by atoms with Gasteiger partial charge in [-0.15, -0.1) is 0 Å². The molecule has 0 spiro atoms. The summed E-state index contributed by atoms with van der Waals surface area (Å²) in [5.41, 5.74) is 1.02. The standard InChI is InChI=1S/C17H17NO5/c1-22-12-7-8-15(23-2)14(10-12)18-16(19)9-11-5-3-4-6-13(11)17(20)21/h3-8,10H,9H2,1-2H3,(H,18,19)(H,20,21). The molecule has 1 amide bonds. The number of methoxy groups -OCH3 is 2. The smallest absolute Gasteiger partial charge is 0.335 e. The predicted molar refractivity (Wildman–Crippen MR) is 85.3 cm³/mol. The first-order chi connectivity index (χ1) is 11.0. The van der Waals surface area contributed by atoms with Gasteiger partial charge < -0.3 is 19.9 Å². The molecule has 6 heteroatoms. The molecule has 0 bridgehead atoms. The number of rotatable bonds is 6. The van der Waals surface area contributed by atoms with E-state index < -0.39 is 5.97 Å². The van der Waals surface area contributed by atoms with Crippen LogP contribution in [0.3, 0.4) is 0 Å². The van der Waals surface area contributed by atoms with E-state index in [1.54, 1.807) is 36.4 Å². The Morgan fingerprint density at radius 1 is 1.09 bits per heavy atom. The summed E-state index contributed by atoms with van der Waals surface area (Å²) in [5.74, 6) is -0.338. The maximum absolute atomic E-state index is 12.2. The van der Waals surface area contributed by atoms with Gasteiger partial charge in [0, 0.05) is 6.07 Å². The van der Waals surface area contributed by atoms with Gasteiger partial charge >= 0.3 is 5.97 Å². The van der Waals surface area contributed by atoms with Crippen molar-refractivity contribution in [3.05, 3.63) is 53.6 Å². The third kappa shape index (κ3) is 4.00. The van der Waals surface area contributed by atoms with E-state index in [1.165, 1.54) is 20.3 Å². The molecule has 2 aromatic carbocycles. The van der Waals surface area contributed by atoms with E-state index in [9.17, 15) is 9.59 Å². The highest BCUT2D eigenvalue weighted by Gasteiger charge is 2.14. The zero-order valence-corrected chi connectivity index (χ0v) is 12.8. The zero-order valence-electron chi connectivity index (χ0n) is 12.8. The lowest BCUT2D eigenvalue weighted by molar-refractivity contribution is -0.115. The van der Waals surface area contributed by atoms with Gasteiger partial charge in [-0.05, 0) is 23.8 Å². The Morgan fingerprint density at radius 2 is 1.83 bits per heavy atom. The Hall–Kier alpha value is -3.02. The summed E-state index contributed by atoms with van der Waals surface area (Å²) in [7, 11) is 3.02. The van der Waals surface area contributed by atoms with Gasteiger partial charge in [-0.25, -0.2) is 4.79 Å². The van der Waals surface area contributed by atoms with Crippen LogP contribution in [-0.4, -0.2) is 31.2 Å². The Morgan fingerprint density at radius 3 is 2.48 bits per heavy atom. The van der Waals surface area contributed by atoms with E-state index in [1.807, 2.05) is 0 Å². The molecule has 0 fully saturated rings. The number of aromatic carboxylic acids is 1. The molecule has 0 saturated carbocycles. The van der Waals surface area contributed by atoms with Crippen molar-refractivity contribution in [1.82, 2.24) is 0 Å². The van der Waals surface area contributed by atoms with Crippen LogP contribution in [0.4, 0.5) is 5.69 Å². The summed E-state index contributed by atoms with van der Waals surface area (Å²) in [6, 6.07) is 11.4. The number of carboxylic acid groups (broad SMARTS) is 1. The number of nitrogens with one attached hydrogen (secondary N) is 1. The topological polar surface area (TPSA) is 84.9 Å². The first kappa shape index (κ1) is 16.4. The summed E-state index contributed by atoms with van der Waals surface area (Å²) in [6.45, 7) is 0. The summed E-state index contributed by atoms with van der Waals surface area (Å²) < 4.78 is 10.3. The van der Waals surface area contributed by atoms with Gasteiger partial charge in [0.25, 0.3) is 0 Å². The minimum absolute atomic E-state index is 0.0527. The number of ether oxygens (including phenoxy) is 2. The Balaban J connectivity index is 2.19. The molecule has 0 heterocycles. The zero-order chi connectivity index (χ0) is 16.8. The van der Waals surface area contributed by atoms with Crippen LogP contribution in [0.5, 0.6) is 11.5 Å². The minimum atomic E-state index is -1.06. The largest absolute Gasteiger partial charge is 0.497 e. The van der Waals surface area contributed by atoms with E-state index in [0.717, 1.165) is 0 Å². The normalized spacial score (nSPS) is 10.0. The van der Waals surface area contributed by atoms with Gasteiger partial charge in [-0.1, -0.05) is 18.2 Å². The van der Waals surface area contributed by atoms with E-state index in [0.29, 0.717) is 22.7 Å². The first-order valence-electron chi connectivity index (χ1n) is 6.88. The maximum Gasteiger partial charge on any atom is 0.335 e. The molecule has 6 nitrogen and oxygen atoms in total. The monoisotopic (exact) mass is 315 g/mol. The SMILES string of the molecule is COc1ccc(OC)c(NC(=O)Cc2ccccc2C(=O)O)c1. The van der Waals surface area contributed by atoms with Crippen LogP contribution in [0.15, 0.2) is 42.5 Å². The number of hydrogen-bond acceptors (Lipinski definition) is 4. The molecular weight excluding hydrogens is 298 g/mol. The van der Waals surface area contributed by atoms with Gasteiger partial charge in [-0.2, -0.15) is 0 Å². The van der Waals surface area contributed by atoms with Gasteiger partial charge in [0.2, 0.25) is 5.91 Å². The summed E-state index contributed by atoms with van der Waals surface area (Å²) in [4.78, 5) is 23.4. The first-order valence-corrected chi connectivity index (χ1v) is 6.88. The Labute approximate surface area is 133 Å². The van der Waals surface area contributed by atoms with Gasteiger partial charge in [0.1, 0.15) is 11.5 Å². The molecular formula is C17H17NO5. The number of hydrogen-bond donors (Lipinski definition) is 2. The molecule has 0 unspecified atom stereocenters. The third-order valence-electron chi connectivity index (χ3n) is 3.28. The second kappa shape index (κ2) is 7.31. The van der Waals surface area contributed by atoms with Crippen molar-refractivity contribution in [3.63, 3.8) is 0 Å². The minimum Gasteiger partial charge on any atom is -0.497 e. The van der Waals surface area contributed by atoms with Crippen molar-refractivity contribution < 1.29 is 24.2 Å². The molecule has 0 saturated heterocycles. The lowest BCUT2D eigenvalue weighted by Gasteiger charge is -2.12. The van der Waals surface area contributed by atoms with Crippen molar-refractivity contribution in [2.45, 2.75) is 6.42 Å². The molecule has 0 radical (unpaired) electrons. The van der Waals surface area contributed by atoms with Crippen LogP contribution in [0.2, 0.25) is 0 Å². The molecule has 120 valence electrons. The van der Waals surface area contributed by atoms with E-state index in [4.69, 9.17) is 14.6 Å². The molecule has 2 aromatic rings. The van der Waals surface area contributed by atoms with E-state index in [2.05, 4.69) is 5.32 Å². The summed E-state index contributed by atoms with van der Waals surface area (Å²) >= 11 is 0. The van der Waals surface area contributed by atoms with Crippen LogP contribution in [0, 0.1) is 0 Å². The lowest BCUT2D eigenvalue weighted by atomic mass is 10.0. The lowest BCUT2D eigenvalue weighted by Crippen LogP contribution is -2.17. The second-order valence-electron chi connectivity index (χ2n) is 4.75. The van der Waals surface area contributed by atoms with Crippen molar-refractivity contribution >= 4 is 17.6 Å². The number of benzene rings is 2. The predicted octanol–water partition coefficient (Wildman–Crippen LogP) is 2.58. The molecule has 0 aliphatic heterocycles. The fraction of sp³-hybridized carbons (Fsp3) is 0.176. The summed E-state index contributed by atoms with van der Waals surface area (Å²) in [6.07, 6.45) is -0.0527. The van der Waals surface area contributed by atoms with Crippen LogP contribution in [-0.2, 0) is 11.2 Å². The molecule has 0 atom stereocenters. The highest BCUT2D eigenvalue weighted by Crippen LogP contribution is 2.29. The third-order valence-corrected chi connectivity index (χ3v) is 3.28. The second-order valence-corrected chi connectivity index (χ2v) is 4.75. The molecule has 2 rings (SSSR count). The van der Waals surface area contributed by atoms with Crippen LogP contribution < -0.4 is 14.8 Å². The number of anilines is 1. The molecule has 0 aliphatic carbocycles. The molecule has 0 aliphatic rings. The van der Waals surface area contributed by atoms with E-state index >= 15 is 0 Å². The van der Waals surface area contributed by atoms with Crippen molar-refractivity contribution in [2.24, 2.45) is 0 Å². The quantitative estimate of drug-likeness (QED) is 0.856. The Kier molecular flexibility index (Phi) is 5.19. The molecule has 23 heavy (non-hydrogen) atoms. The van der Waals surface area contributed by atoms with Crippen LogP contribution in [0.25, 0.3) is 0 Å². The van der Waals surface area contributed by atoms with Gasteiger partial charge in [-0.3, -0.25) is 4.79 Å². The number of amides is 1. The number of carbonyl (C=O) groups is 2. The average molecular weight is 315 g/mol. The number of carbonyl (C=O) groups excluding carboxylic acids is 1.